The van der Waals surface area contributed by atoms with Crippen LogP contribution in [0.15, 0.2) is 33.9 Å². The monoisotopic (exact) mass is 385 g/mol. The van der Waals surface area contributed by atoms with Crippen LogP contribution in [0.25, 0.3) is 0 Å². The number of thiazole rings is 1. The van der Waals surface area contributed by atoms with Crippen LogP contribution in [-0.2, 0) is 6.54 Å². The van der Waals surface area contributed by atoms with Crippen LogP contribution in [0.5, 0.6) is 0 Å². The summed E-state index contributed by atoms with van der Waals surface area (Å²) in [6.45, 7) is 6.16. The Bertz CT molecular complexity index is 899. The van der Waals surface area contributed by atoms with Crippen molar-refractivity contribution in [1.82, 2.24) is 24.6 Å². The number of piperidine rings is 1. The third-order valence-corrected chi connectivity index (χ3v) is 5.60. The maximum Gasteiger partial charge on any atom is 0.292 e. The molecule has 142 valence electrons. The minimum absolute atomic E-state index is 0.0864. The zero-order valence-corrected chi connectivity index (χ0v) is 16.4. The van der Waals surface area contributed by atoms with Crippen molar-refractivity contribution in [2.45, 2.75) is 45.1 Å². The van der Waals surface area contributed by atoms with Crippen molar-refractivity contribution in [2.75, 3.05) is 13.1 Å². The number of likely N-dealkylation sites (tertiary alicyclic amines) is 1. The first-order valence-corrected chi connectivity index (χ1v) is 10.2. The summed E-state index contributed by atoms with van der Waals surface area (Å²) in [7, 11) is 0. The molecular formula is C19H23N5O2S. The molecular weight excluding hydrogens is 362 g/mol. The van der Waals surface area contributed by atoms with Crippen molar-refractivity contribution in [1.29, 1.82) is 0 Å². The lowest BCUT2D eigenvalue weighted by Gasteiger charge is -2.32. The van der Waals surface area contributed by atoms with Gasteiger partial charge in [-0.05, 0) is 18.8 Å². The Morgan fingerprint density at radius 2 is 2.30 bits per heavy atom. The number of aromatic nitrogens is 4. The van der Waals surface area contributed by atoms with Gasteiger partial charge < -0.3 is 14.0 Å². The predicted molar refractivity (Wildman–Crippen MR) is 102 cm³/mol. The van der Waals surface area contributed by atoms with E-state index in [0.29, 0.717) is 18.8 Å². The molecule has 0 aliphatic carbocycles. The van der Waals surface area contributed by atoms with Crippen molar-refractivity contribution < 1.29 is 9.32 Å². The van der Waals surface area contributed by atoms with Gasteiger partial charge in [0.25, 0.3) is 5.91 Å². The second-order valence-corrected chi connectivity index (χ2v) is 7.97. The van der Waals surface area contributed by atoms with E-state index in [1.807, 2.05) is 36.7 Å². The number of amides is 1. The van der Waals surface area contributed by atoms with Gasteiger partial charge in [-0.1, -0.05) is 19.0 Å². The van der Waals surface area contributed by atoms with Crippen LogP contribution >= 0.6 is 11.3 Å². The Hall–Kier alpha value is -2.48. The smallest absolute Gasteiger partial charge is 0.292 e. The Kier molecular flexibility index (Phi) is 5.07. The summed E-state index contributed by atoms with van der Waals surface area (Å²) in [6.07, 6.45) is 5.78. The van der Waals surface area contributed by atoms with E-state index >= 15 is 0 Å². The maximum absolute atomic E-state index is 12.8. The lowest BCUT2D eigenvalue weighted by atomic mass is 9.96. The SMILES string of the molecule is CC(C)c1cc(C(=O)N2CCCC(c3nccn3Cc3cscn3)C2)on1. The molecule has 27 heavy (non-hydrogen) atoms. The van der Waals surface area contributed by atoms with Crippen LogP contribution in [0.1, 0.15) is 66.3 Å². The van der Waals surface area contributed by atoms with E-state index < -0.39 is 0 Å². The minimum Gasteiger partial charge on any atom is -0.351 e. The summed E-state index contributed by atoms with van der Waals surface area (Å²) < 4.78 is 7.43. The molecule has 0 aromatic carbocycles. The van der Waals surface area contributed by atoms with Gasteiger partial charge in [-0.2, -0.15) is 0 Å². The van der Waals surface area contributed by atoms with Crippen molar-refractivity contribution in [2.24, 2.45) is 0 Å². The summed E-state index contributed by atoms with van der Waals surface area (Å²) in [5.74, 6) is 1.70. The Morgan fingerprint density at radius 3 is 3.04 bits per heavy atom. The second-order valence-electron chi connectivity index (χ2n) is 7.25. The van der Waals surface area contributed by atoms with E-state index in [4.69, 9.17) is 4.52 Å². The first kappa shape index (κ1) is 17.9. The number of nitrogens with zero attached hydrogens (tertiary/aromatic N) is 5. The van der Waals surface area contributed by atoms with E-state index in [1.54, 1.807) is 17.4 Å². The molecule has 7 nitrogen and oxygen atoms in total. The van der Waals surface area contributed by atoms with Crippen LogP contribution in [-0.4, -0.2) is 43.6 Å². The van der Waals surface area contributed by atoms with E-state index in [-0.39, 0.29) is 17.7 Å². The largest absolute Gasteiger partial charge is 0.351 e. The van der Waals surface area contributed by atoms with Gasteiger partial charge in [-0.3, -0.25) is 4.79 Å². The topological polar surface area (TPSA) is 77.0 Å². The molecule has 0 N–H and O–H groups in total. The highest BCUT2D eigenvalue weighted by Gasteiger charge is 2.30. The molecule has 0 radical (unpaired) electrons. The minimum atomic E-state index is -0.0864. The molecule has 1 aliphatic rings. The number of hydrogen-bond acceptors (Lipinski definition) is 6. The molecule has 4 heterocycles. The molecule has 0 saturated carbocycles. The first-order chi connectivity index (χ1) is 13.1. The summed E-state index contributed by atoms with van der Waals surface area (Å²) >= 11 is 1.59. The summed E-state index contributed by atoms with van der Waals surface area (Å²) in [5, 5.41) is 6.06. The summed E-state index contributed by atoms with van der Waals surface area (Å²) in [6, 6.07) is 1.76. The van der Waals surface area contributed by atoms with Crippen LogP contribution in [0.2, 0.25) is 0 Å². The molecule has 1 saturated heterocycles. The molecule has 1 fully saturated rings. The Labute approximate surface area is 162 Å². The summed E-state index contributed by atoms with van der Waals surface area (Å²) in [4.78, 5) is 23.7. The molecule has 0 spiro atoms. The fourth-order valence-corrected chi connectivity index (χ4v) is 4.04. The highest BCUT2D eigenvalue weighted by atomic mass is 32.1. The van der Waals surface area contributed by atoms with E-state index in [9.17, 15) is 4.79 Å². The van der Waals surface area contributed by atoms with Crippen LogP contribution in [0.4, 0.5) is 0 Å². The third-order valence-electron chi connectivity index (χ3n) is 4.97. The number of carbonyl (C=O) groups is 1. The van der Waals surface area contributed by atoms with Crippen molar-refractivity contribution in [3.63, 3.8) is 0 Å². The van der Waals surface area contributed by atoms with Gasteiger partial charge in [0.15, 0.2) is 0 Å². The zero-order valence-electron chi connectivity index (χ0n) is 15.5. The molecule has 3 aromatic heterocycles. The van der Waals surface area contributed by atoms with E-state index in [1.165, 1.54) is 0 Å². The van der Waals surface area contributed by atoms with Gasteiger partial charge in [0, 0.05) is 42.8 Å². The molecule has 1 aliphatic heterocycles. The van der Waals surface area contributed by atoms with Crippen LogP contribution < -0.4 is 0 Å². The predicted octanol–water partition coefficient (Wildman–Crippen LogP) is 3.52. The van der Waals surface area contributed by atoms with Crippen LogP contribution in [0.3, 0.4) is 0 Å². The molecule has 8 heteroatoms. The molecule has 3 aromatic rings. The molecule has 4 rings (SSSR count). The van der Waals surface area contributed by atoms with Crippen molar-refractivity contribution >= 4 is 17.2 Å². The van der Waals surface area contributed by atoms with Gasteiger partial charge in [-0.25, -0.2) is 9.97 Å². The molecule has 1 atom stereocenters. The highest BCUT2D eigenvalue weighted by Crippen LogP contribution is 2.27. The van der Waals surface area contributed by atoms with Crippen LogP contribution in [0, 0.1) is 0 Å². The van der Waals surface area contributed by atoms with Crippen molar-refractivity contribution in [3.05, 3.63) is 52.3 Å². The summed E-state index contributed by atoms with van der Waals surface area (Å²) in [5.41, 5.74) is 3.69. The van der Waals surface area contributed by atoms with Gasteiger partial charge in [0.2, 0.25) is 5.76 Å². The number of carbonyl (C=O) groups excluding carboxylic acids is 1. The number of rotatable bonds is 5. The van der Waals surface area contributed by atoms with E-state index in [2.05, 4.69) is 25.1 Å². The average molecular weight is 385 g/mol. The van der Waals surface area contributed by atoms with Crippen molar-refractivity contribution in [3.8, 4) is 0 Å². The van der Waals surface area contributed by atoms with Gasteiger partial charge >= 0.3 is 0 Å². The standard InChI is InChI=1S/C19H23N5O2S/c1-13(2)16-8-17(26-22-16)19(25)24-6-3-4-14(9-24)18-20-5-7-23(18)10-15-11-27-12-21-15/h5,7-8,11-14H,3-4,6,9-10H2,1-2H3. The normalized spacial score (nSPS) is 17.6. The Balaban J connectivity index is 1.48. The zero-order chi connectivity index (χ0) is 18.8. The number of imidazole rings is 1. The lowest BCUT2D eigenvalue weighted by Crippen LogP contribution is -2.39. The van der Waals surface area contributed by atoms with E-state index in [0.717, 1.165) is 36.6 Å². The highest BCUT2D eigenvalue weighted by molar-refractivity contribution is 7.07. The number of hydrogen-bond donors (Lipinski definition) is 0. The van der Waals surface area contributed by atoms with Gasteiger partial charge in [0.1, 0.15) is 5.82 Å². The third kappa shape index (κ3) is 3.80. The maximum atomic E-state index is 12.8. The van der Waals surface area contributed by atoms with Gasteiger partial charge in [0.05, 0.1) is 23.4 Å². The van der Waals surface area contributed by atoms with Gasteiger partial charge in [-0.15, -0.1) is 11.3 Å². The molecule has 1 unspecified atom stereocenters. The molecule has 0 bridgehead atoms. The first-order valence-electron chi connectivity index (χ1n) is 9.26. The Morgan fingerprint density at radius 1 is 1.41 bits per heavy atom. The molecule has 1 amide bonds. The average Bonchev–Trinajstić information content (AvgIpc) is 3.43. The lowest BCUT2D eigenvalue weighted by molar-refractivity contribution is 0.0661. The fraction of sp³-hybridized carbons (Fsp3) is 0.474. The quantitative estimate of drug-likeness (QED) is 0.672. The fourth-order valence-electron chi connectivity index (χ4n) is 3.49. The second kappa shape index (κ2) is 7.64.